The first-order valence-corrected chi connectivity index (χ1v) is 9.17. The van der Waals surface area contributed by atoms with E-state index >= 15 is 0 Å². The average molecular weight is 385 g/mol. The van der Waals surface area contributed by atoms with Crippen molar-refractivity contribution in [2.24, 2.45) is 0 Å². The second-order valence-electron chi connectivity index (χ2n) is 6.23. The fourth-order valence-electron chi connectivity index (χ4n) is 2.77. The summed E-state index contributed by atoms with van der Waals surface area (Å²) >= 11 is 0. The summed E-state index contributed by atoms with van der Waals surface area (Å²) in [6, 6.07) is 12.6. The molecule has 0 saturated carbocycles. The Balaban J connectivity index is 1.49. The van der Waals surface area contributed by atoms with E-state index in [1.807, 2.05) is 31.2 Å². The highest BCUT2D eigenvalue weighted by Gasteiger charge is 2.20. The third-order valence-corrected chi connectivity index (χ3v) is 4.19. The monoisotopic (exact) mass is 385 g/mol. The lowest BCUT2D eigenvalue weighted by molar-refractivity contribution is -0.153. The van der Waals surface area contributed by atoms with Crippen LogP contribution in [0.25, 0.3) is 0 Å². The van der Waals surface area contributed by atoms with Crippen molar-refractivity contribution in [2.45, 2.75) is 32.8 Å². The van der Waals surface area contributed by atoms with Crippen molar-refractivity contribution in [2.75, 3.05) is 18.7 Å². The molecule has 0 radical (unpaired) electrons. The highest BCUT2D eigenvalue weighted by molar-refractivity contribution is 5.95. The van der Waals surface area contributed by atoms with Crippen LogP contribution in [0.3, 0.4) is 0 Å². The van der Waals surface area contributed by atoms with Gasteiger partial charge in [-0.2, -0.15) is 0 Å². The van der Waals surface area contributed by atoms with E-state index in [1.165, 1.54) is 6.92 Å². The summed E-state index contributed by atoms with van der Waals surface area (Å²) in [7, 11) is 0. The first-order chi connectivity index (χ1) is 13.6. The van der Waals surface area contributed by atoms with Crippen molar-refractivity contribution in [1.29, 1.82) is 0 Å². The number of esters is 1. The van der Waals surface area contributed by atoms with Gasteiger partial charge in [-0.1, -0.05) is 18.2 Å². The van der Waals surface area contributed by atoms with Crippen molar-refractivity contribution >= 4 is 17.6 Å². The van der Waals surface area contributed by atoms with Gasteiger partial charge in [0.05, 0.1) is 6.61 Å². The summed E-state index contributed by atoms with van der Waals surface area (Å²) in [4.78, 5) is 24.4. The minimum Gasteiger partial charge on any atom is -0.494 e. The fourth-order valence-corrected chi connectivity index (χ4v) is 2.77. The molecule has 1 unspecified atom stereocenters. The molecule has 7 nitrogen and oxygen atoms in total. The number of rotatable bonds is 8. The van der Waals surface area contributed by atoms with Crippen LogP contribution in [0.15, 0.2) is 42.5 Å². The number of ether oxygens (including phenoxy) is 4. The molecule has 1 aliphatic rings. The van der Waals surface area contributed by atoms with E-state index < -0.39 is 18.0 Å². The van der Waals surface area contributed by atoms with Gasteiger partial charge in [-0.25, -0.2) is 0 Å². The molecule has 2 aromatic carbocycles. The van der Waals surface area contributed by atoms with Crippen LogP contribution in [0.2, 0.25) is 0 Å². The summed E-state index contributed by atoms with van der Waals surface area (Å²) in [5, 5.41) is 2.70. The third-order valence-electron chi connectivity index (χ3n) is 4.19. The zero-order valence-electron chi connectivity index (χ0n) is 15.9. The normalized spacial score (nSPS) is 12.9. The molecular formula is C21H23NO6. The number of carbonyl (C=O) groups is 2. The number of hydrogen-bond donors (Lipinski definition) is 1. The maximum absolute atomic E-state index is 12.3. The molecular weight excluding hydrogens is 362 g/mol. The highest BCUT2D eigenvalue weighted by atomic mass is 16.7. The molecule has 0 spiro atoms. The van der Waals surface area contributed by atoms with Gasteiger partial charge in [0, 0.05) is 18.2 Å². The van der Waals surface area contributed by atoms with E-state index in [0.717, 1.165) is 11.3 Å². The van der Waals surface area contributed by atoms with Crippen LogP contribution in [0.4, 0.5) is 5.69 Å². The Morgan fingerprint density at radius 3 is 2.75 bits per heavy atom. The van der Waals surface area contributed by atoms with Gasteiger partial charge in [-0.05, 0) is 44.0 Å². The van der Waals surface area contributed by atoms with Gasteiger partial charge in [0.2, 0.25) is 6.79 Å². The molecule has 0 saturated heterocycles. The zero-order chi connectivity index (χ0) is 19.9. The predicted molar refractivity (Wildman–Crippen MR) is 103 cm³/mol. The van der Waals surface area contributed by atoms with Crippen molar-refractivity contribution in [3.05, 3.63) is 48.0 Å². The molecule has 1 heterocycles. The summed E-state index contributed by atoms with van der Waals surface area (Å²) in [5.41, 5.74) is 1.47. The minimum atomic E-state index is -0.917. The molecule has 0 bridgehead atoms. The fraction of sp³-hybridized carbons (Fsp3) is 0.333. The maximum atomic E-state index is 12.3. The van der Waals surface area contributed by atoms with E-state index in [1.54, 1.807) is 18.2 Å². The summed E-state index contributed by atoms with van der Waals surface area (Å²) in [6.07, 6.45) is -0.280. The quantitative estimate of drug-likeness (QED) is 0.702. The van der Waals surface area contributed by atoms with Gasteiger partial charge in [0.15, 0.2) is 17.6 Å². The van der Waals surface area contributed by atoms with E-state index in [0.29, 0.717) is 30.2 Å². The Kier molecular flexibility index (Phi) is 6.37. The highest BCUT2D eigenvalue weighted by Crippen LogP contribution is 2.34. The van der Waals surface area contributed by atoms with Gasteiger partial charge in [-0.15, -0.1) is 0 Å². The van der Waals surface area contributed by atoms with Crippen molar-refractivity contribution < 1.29 is 28.5 Å². The smallest absolute Gasteiger partial charge is 0.306 e. The zero-order valence-corrected chi connectivity index (χ0v) is 15.9. The second-order valence-corrected chi connectivity index (χ2v) is 6.23. The van der Waals surface area contributed by atoms with Crippen LogP contribution < -0.4 is 19.5 Å². The number of carbonyl (C=O) groups excluding carboxylic acids is 2. The Morgan fingerprint density at radius 1 is 1.14 bits per heavy atom. The molecule has 1 atom stereocenters. The number of nitrogens with one attached hydrogen (secondary N) is 1. The van der Waals surface area contributed by atoms with Crippen LogP contribution in [0.1, 0.15) is 25.8 Å². The molecule has 0 aliphatic carbocycles. The SMILES string of the molecule is CCOc1ccccc1CCC(=O)OC(C)C(=O)Nc1ccc2c(c1)OCO2. The summed E-state index contributed by atoms with van der Waals surface area (Å²) < 4.78 is 21.3. The first-order valence-electron chi connectivity index (χ1n) is 9.17. The number of aryl methyl sites for hydroxylation is 1. The Labute approximate surface area is 163 Å². The lowest BCUT2D eigenvalue weighted by Gasteiger charge is -2.14. The largest absolute Gasteiger partial charge is 0.494 e. The third kappa shape index (κ3) is 4.94. The number of anilines is 1. The molecule has 0 aromatic heterocycles. The number of hydrogen-bond acceptors (Lipinski definition) is 6. The average Bonchev–Trinajstić information content (AvgIpc) is 3.15. The first kappa shape index (κ1) is 19.5. The van der Waals surface area contributed by atoms with Crippen LogP contribution in [0, 0.1) is 0 Å². The van der Waals surface area contributed by atoms with Gasteiger partial charge in [0.25, 0.3) is 5.91 Å². The van der Waals surface area contributed by atoms with E-state index in [4.69, 9.17) is 18.9 Å². The van der Waals surface area contributed by atoms with Crippen LogP contribution in [-0.2, 0) is 20.7 Å². The van der Waals surface area contributed by atoms with Gasteiger partial charge in [0.1, 0.15) is 5.75 Å². The topological polar surface area (TPSA) is 83.1 Å². The van der Waals surface area contributed by atoms with E-state index in [-0.39, 0.29) is 13.2 Å². The van der Waals surface area contributed by atoms with E-state index in [2.05, 4.69) is 5.32 Å². The van der Waals surface area contributed by atoms with Crippen LogP contribution in [-0.4, -0.2) is 31.4 Å². The van der Waals surface area contributed by atoms with Gasteiger partial charge < -0.3 is 24.3 Å². The summed E-state index contributed by atoms with van der Waals surface area (Å²) in [5.74, 6) is 1.09. The standard InChI is InChI=1S/C21H23NO6/c1-3-25-17-7-5-4-6-15(17)8-11-20(23)28-14(2)21(24)22-16-9-10-18-19(12-16)27-13-26-18/h4-7,9-10,12,14H,3,8,11,13H2,1-2H3,(H,22,24). The Bertz CT molecular complexity index is 851. The number of benzene rings is 2. The van der Waals surface area contributed by atoms with Crippen molar-refractivity contribution in [1.82, 2.24) is 0 Å². The molecule has 0 fully saturated rings. The number of para-hydroxylation sites is 1. The number of fused-ring (bicyclic) bond motifs is 1. The predicted octanol–water partition coefficient (Wildman–Crippen LogP) is 3.32. The molecule has 3 rings (SSSR count). The number of amides is 1. The summed E-state index contributed by atoms with van der Waals surface area (Å²) in [6.45, 7) is 4.16. The van der Waals surface area contributed by atoms with Crippen molar-refractivity contribution in [3.8, 4) is 17.2 Å². The van der Waals surface area contributed by atoms with E-state index in [9.17, 15) is 9.59 Å². The lowest BCUT2D eigenvalue weighted by Crippen LogP contribution is -2.30. The molecule has 7 heteroatoms. The molecule has 1 aliphatic heterocycles. The van der Waals surface area contributed by atoms with Crippen LogP contribution in [0.5, 0.6) is 17.2 Å². The lowest BCUT2D eigenvalue weighted by atomic mass is 10.1. The minimum absolute atomic E-state index is 0.158. The van der Waals surface area contributed by atoms with Crippen LogP contribution >= 0.6 is 0 Å². The maximum Gasteiger partial charge on any atom is 0.306 e. The van der Waals surface area contributed by atoms with Crippen molar-refractivity contribution in [3.63, 3.8) is 0 Å². The molecule has 28 heavy (non-hydrogen) atoms. The molecule has 148 valence electrons. The van der Waals surface area contributed by atoms with Gasteiger partial charge in [-0.3, -0.25) is 9.59 Å². The Hall–Kier alpha value is -3.22. The Morgan fingerprint density at radius 2 is 1.93 bits per heavy atom. The van der Waals surface area contributed by atoms with Gasteiger partial charge >= 0.3 is 5.97 Å². The molecule has 2 aromatic rings. The molecule has 1 amide bonds. The second kappa shape index (κ2) is 9.12. The molecule has 1 N–H and O–H groups in total.